The first kappa shape index (κ1) is 19.8. The second kappa shape index (κ2) is 7.42. The van der Waals surface area contributed by atoms with Crippen molar-refractivity contribution in [3.63, 3.8) is 0 Å². The van der Waals surface area contributed by atoms with E-state index in [-0.39, 0.29) is 23.4 Å². The number of rotatable bonds is 4. The van der Waals surface area contributed by atoms with Gasteiger partial charge in [0.15, 0.2) is 0 Å². The summed E-state index contributed by atoms with van der Waals surface area (Å²) in [5.41, 5.74) is 0.910. The van der Waals surface area contributed by atoms with Crippen LogP contribution < -0.4 is 16.4 Å². The van der Waals surface area contributed by atoms with E-state index in [2.05, 4.69) is 10.3 Å². The van der Waals surface area contributed by atoms with Crippen LogP contribution in [0.2, 0.25) is 0 Å². The van der Waals surface area contributed by atoms with E-state index in [1.165, 1.54) is 20.6 Å². The summed E-state index contributed by atoms with van der Waals surface area (Å²) in [4.78, 5) is 44.6. The highest BCUT2D eigenvalue weighted by Crippen LogP contribution is 2.20. The molecular formula is C21H21N5O3S. The maximum Gasteiger partial charge on any atom is 0.295 e. The third-order valence-electron chi connectivity index (χ3n) is 5.09. The minimum absolute atomic E-state index is 0.192. The first-order chi connectivity index (χ1) is 14.3. The van der Waals surface area contributed by atoms with Gasteiger partial charge >= 0.3 is 0 Å². The third-order valence-corrected chi connectivity index (χ3v) is 6.03. The molecule has 0 saturated carbocycles. The molecule has 154 valence electrons. The number of benzene rings is 1. The molecule has 0 aliphatic carbocycles. The number of aromatic nitrogens is 4. The fourth-order valence-electron chi connectivity index (χ4n) is 3.46. The van der Waals surface area contributed by atoms with Crippen LogP contribution in [0.1, 0.15) is 16.4 Å². The summed E-state index contributed by atoms with van der Waals surface area (Å²) in [6, 6.07) is 11.0. The Morgan fingerprint density at radius 2 is 1.80 bits per heavy atom. The van der Waals surface area contributed by atoms with Crippen molar-refractivity contribution in [2.45, 2.75) is 27.3 Å². The highest BCUT2D eigenvalue weighted by Gasteiger charge is 2.19. The molecule has 0 fully saturated rings. The summed E-state index contributed by atoms with van der Waals surface area (Å²) in [6.07, 6.45) is 0. The molecule has 0 radical (unpaired) electrons. The molecule has 0 spiro atoms. The van der Waals surface area contributed by atoms with Crippen LogP contribution in [-0.2, 0) is 18.4 Å². The predicted octanol–water partition coefficient (Wildman–Crippen LogP) is 2.51. The first-order valence-electron chi connectivity index (χ1n) is 9.39. The van der Waals surface area contributed by atoms with E-state index >= 15 is 0 Å². The largest absolute Gasteiger partial charge is 0.318 e. The Morgan fingerprint density at radius 1 is 1.10 bits per heavy atom. The second-order valence-electron chi connectivity index (χ2n) is 7.11. The number of nitrogens with one attached hydrogen (secondary N) is 1. The molecule has 30 heavy (non-hydrogen) atoms. The number of amides is 1. The van der Waals surface area contributed by atoms with Crippen molar-refractivity contribution in [3.8, 4) is 5.69 Å². The quantitative estimate of drug-likeness (QED) is 0.546. The number of carbonyl (C=O) groups excluding carboxylic acids is 1. The smallest absolute Gasteiger partial charge is 0.295 e. The molecule has 8 nitrogen and oxygen atoms in total. The van der Waals surface area contributed by atoms with Gasteiger partial charge < -0.3 is 5.32 Å². The Labute approximate surface area is 176 Å². The van der Waals surface area contributed by atoms with Gasteiger partial charge in [-0.3, -0.25) is 23.6 Å². The highest BCUT2D eigenvalue weighted by molar-refractivity contribution is 7.18. The Bertz CT molecular complexity index is 1390. The highest BCUT2D eigenvalue weighted by atomic mass is 32.1. The topological polar surface area (TPSA) is 90.9 Å². The SMILES string of the molecule is Cc1cc2c(=O)n(CC(=O)Nc3c(C)n(C)n(-c4ccccc4)c3=O)c(C)nc2s1. The van der Waals surface area contributed by atoms with E-state index in [0.717, 1.165) is 4.88 Å². The maximum absolute atomic E-state index is 13.0. The lowest BCUT2D eigenvalue weighted by Crippen LogP contribution is -2.31. The number of aryl methyl sites for hydroxylation is 2. The van der Waals surface area contributed by atoms with Gasteiger partial charge in [-0.1, -0.05) is 18.2 Å². The molecule has 4 rings (SSSR count). The van der Waals surface area contributed by atoms with Gasteiger partial charge in [0.1, 0.15) is 22.9 Å². The van der Waals surface area contributed by atoms with Gasteiger partial charge in [-0.15, -0.1) is 11.3 Å². The van der Waals surface area contributed by atoms with Crippen molar-refractivity contribution in [1.82, 2.24) is 18.9 Å². The number of fused-ring (bicyclic) bond motifs is 1. The van der Waals surface area contributed by atoms with Gasteiger partial charge in [0, 0.05) is 11.9 Å². The molecule has 0 bridgehead atoms. The predicted molar refractivity (Wildman–Crippen MR) is 118 cm³/mol. The van der Waals surface area contributed by atoms with Crippen molar-refractivity contribution in [2.24, 2.45) is 7.05 Å². The third kappa shape index (κ3) is 3.26. The molecule has 4 aromatic rings. The van der Waals surface area contributed by atoms with Crippen LogP contribution in [0.5, 0.6) is 0 Å². The van der Waals surface area contributed by atoms with E-state index in [9.17, 15) is 14.4 Å². The molecule has 0 atom stereocenters. The van der Waals surface area contributed by atoms with Crippen molar-refractivity contribution in [2.75, 3.05) is 5.32 Å². The monoisotopic (exact) mass is 423 g/mol. The molecular weight excluding hydrogens is 402 g/mol. The minimum Gasteiger partial charge on any atom is -0.318 e. The van der Waals surface area contributed by atoms with Gasteiger partial charge in [-0.2, -0.15) is 0 Å². The molecule has 0 unspecified atom stereocenters. The van der Waals surface area contributed by atoms with Crippen LogP contribution in [0.25, 0.3) is 15.9 Å². The summed E-state index contributed by atoms with van der Waals surface area (Å²) >= 11 is 1.45. The summed E-state index contributed by atoms with van der Waals surface area (Å²) < 4.78 is 4.51. The van der Waals surface area contributed by atoms with Crippen molar-refractivity contribution in [3.05, 3.63) is 73.5 Å². The first-order valence-corrected chi connectivity index (χ1v) is 10.2. The van der Waals surface area contributed by atoms with E-state index in [4.69, 9.17) is 0 Å². The van der Waals surface area contributed by atoms with Gasteiger partial charge in [-0.25, -0.2) is 9.67 Å². The number of carbonyl (C=O) groups is 1. The fourth-order valence-corrected chi connectivity index (χ4v) is 4.37. The molecule has 9 heteroatoms. The van der Waals surface area contributed by atoms with Crippen LogP contribution in [0.3, 0.4) is 0 Å². The fraction of sp³-hybridized carbons (Fsp3) is 0.238. The Hall–Kier alpha value is -3.46. The molecule has 0 aliphatic rings. The molecule has 1 aromatic carbocycles. The van der Waals surface area contributed by atoms with Crippen molar-refractivity contribution >= 4 is 33.1 Å². The molecule has 3 heterocycles. The standard InChI is InChI=1S/C21H21N5O3S/c1-12-10-16-19(30-12)22-14(3)25(20(16)28)11-17(27)23-18-13(2)24(4)26(21(18)29)15-8-6-5-7-9-15/h5-10H,11H2,1-4H3,(H,23,27). The zero-order valence-electron chi connectivity index (χ0n) is 17.1. The minimum atomic E-state index is -0.459. The number of hydrogen-bond acceptors (Lipinski definition) is 5. The van der Waals surface area contributed by atoms with Crippen LogP contribution >= 0.6 is 11.3 Å². The molecule has 0 saturated heterocycles. The van der Waals surface area contributed by atoms with Crippen molar-refractivity contribution < 1.29 is 4.79 Å². The number of para-hydroxylation sites is 1. The number of anilines is 1. The number of hydrogen-bond donors (Lipinski definition) is 1. The zero-order chi connectivity index (χ0) is 21.6. The summed E-state index contributed by atoms with van der Waals surface area (Å²) in [5, 5.41) is 3.19. The maximum atomic E-state index is 13.0. The zero-order valence-corrected chi connectivity index (χ0v) is 17.9. The van der Waals surface area contributed by atoms with E-state index in [1.54, 1.807) is 31.6 Å². The molecule has 1 amide bonds. The van der Waals surface area contributed by atoms with Crippen LogP contribution in [0.15, 0.2) is 46.0 Å². The number of thiophene rings is 1. The van der Waals surface area contributed by atoms with Gasteiger partial charge in [0.05, 0.1) is 16.8 Å². The number of nitrogens with zero attached hydrogens (tertiary/aromatic N) is 4. The lowest BCUT2D eigenvalue weighted by molar-refractivity contribution is -0.116. The summed E-state index contributed by atoms with van der Waals surface area (Å²) in [7, 11) is 1.75. The average molecular weight is 423 g/mol. The summed E-state index contributed by atoms with van der Waals surface area (Å²) in [6.45, 7) is 5.14. The lowest BCUT2D eigenvalue weighted by Gasteiger charge is -2.09. The average Bonchev–Trinajstić information content (AvgIpc) is 3.18. The van der Waals surface area contributed by atoms with Crippen molar-refractivity contribution in [1.29, 1.82) is 0 Å². The van der Waals surface area contributed by atoms with E-state index in [0.29, 0.717) is 27.4 Å². The van der Waals surface area contributed by atoms with Crippen LogP contribution in [-0.4, -0.2) is 24.8 Å². The van der Waals surface area contributed by atoms with Gasteiger partial charge in [0.2, 0.25) is 5.91 Å². The normalized spacial score (nSPS) is 11.2. The van der Waals surface area contributed by atoms with E-state index in [1.807, 2.05) is 37.3 Å². The lowest BCUT2D eigenvalue weighted by atomic mass is 10.3. The van der Waals surface area contributed by atoms with Crippen LogP contribution in [0.4, 0.5) is 5.69 Å². The molecule has 3 aromatic heterocycles. The second-order valence-corrected chi connectivity index (χ2v) is 8.35. The molecule has 1 N–H and O–H groups in total. The Balaban J connectivity index is 1.67. The van der Waals surface area contributed by atoms with Gasteiger partial charge in [-0.05, 0) is 39.0 Å². The van der Waals surface area contributed by atoms with E-state index < -0.39 is 5.91 Å². The Kier molecular flexibility index (Phi) is 4.90. The summed E-state index contributed by atoms with van der Waals surface area (Å²) in [5.74, 6) is -0.00436. The Morgan fingerprint density at radius 3 is 2.50 bits per heavy atom. The van der Waals surface area contributed by atoms with Crippen LogP contribution in [0, 0.1) is 20.8 Å². The van der Waals surface area contributed by atoms with Gasteiger partial charge in [0.25, 0.3) is 11.1 Å². The molecule has 0 aliphatic heterocycles.